The number of anilines is 2. The lowest BCUT2D eigenvalue weighted by atomic mass is 10.1. The lowest BCUT2D eigenvalue weighted by Crippen LogP contribution is -2.29. The van der Waals surface area contributed by atoms with Crippen LogP contribution in [0.2, 0.25) is 0 Å². The molecule has 0 radical (unpaired) electrons. The first kappa shape index (κ1) is 26.1. The fraction of sp³-hybridized carbons (Fsp3) is 0.192. The van der Waals surface area contributed by atoms with Gasteiger partial charge >= 0.3 is 0 Å². The average molecular weight is 539 g/mol. The second kappa shape index (κ2) is 11.4. The highest BCUT2D eigenvalue weighted by Crippen LogP contribution is 2.28. The van der Waals surface area contributed by atoms with E-state index in [1.54, 1.807) is 55.6 Å². The summed E-state index contributed by atoms with van der Waals surface area (Å²) in [5, 5.41) is 12.0. The van der Waals surface area contributed by atoms with Crippen LogP contribution < -0.4 is 19.1 Å². The van der Waals surface area contributed by atoms with Gasteiger partial charge in [0.25, 0.3) is 5.91 Å². The molecule has 37 heavy (non-hydrogen) atoms. The Morgan fingerprint density at radius 3 is 2.19 bits per heavy atom. The van der Waals surface area contributed by atoms with Crippen molar-refractivity contribution in [3.63, 3.8) is 0 Å². The molecular weight excluding hydrogens is 512 g/mol. The Balaban J connectivity index is 1.43. The van der Waals surface area contributed by atoms with Gasteiger partial charge in [-0.05, 0) is 73.2 Å². The fourth-order valence-corrected chi connectivity index (χ4v) is 5.13. The molecule has 0 bridgehead atoms. The molecule has 0 aliphatic rings. The van der Waals surface area contributed by atoms with Crippen LogP contribution in [0, 0.1) is 0 Å². The fourth-order valence-electron chi connectivity index (χ4n) is 3.50. The van der Waals surface area contributed by atoms with Crippen LogP contribution in [0.3, 0.4) is 0 Å². The van der Waals surface area contributed by atoms with E-state index in [0.29, 0.717) is 33.7 Å². The molecule has 0 fully saturated rings. The molecule has 192 valence electrons. The number of sulfonamides is 1. The highest BCUT2D eigenvalue weighted by atomic mass is 32.2. The van der Waals surface area contributed by atoms with Gasteiger partial charge in [0.15, 0.2) is 0 Å². The Morgan fingerprint density at radius 1 is 0.946 bits per heavy atom. The zero-order chi connectivity index (χ0) is 26.4. The minimum Gasteiger partial charge on any atom is -0.497 e. The monoisotopic (exact) mass is 538 g/mol. The van der Waals surface area contributed by atoms with Crippen molar-refractivity contribution in [1.29, 1.82) is 0 Å². The average Bonchev–Trinajstić information content (AvgIpc) is 3.36. The second-order valence-corrected chi connectivity index (χ2v) is 10.9. The van der Waals surface area contributed by atoms with E-state index in [9.17, 15) is 13.2 Å². The van der Waals surface area contributed by atoms with Gasteiger partial charge in [0, 0.05) is 11.1 Å². The maximum Gasteiger partial charge on any atom is 0.257 e. The summed E-state index contributed by atoms with van der Waals surface area (Å²) in [5.41, 5.74) is 2.54. The third-order valence-electron chi connectivity index (χ3n) is 5.36. The zero-order valence-electron chi connectivity index (χ0n) is 20.5. The molecule has 3 aromatic carbocycles. The lowest BCUT2D eigenvalue weighted by Gasteiger charge is -2.23. The SMILES string of the molecule is CCOc1ccc(N(Cc2ccc(C(=O)Nc3nnc(-c4ccc(OC)cc4)s3)cc2)S(C)(=O)=O)cc1. The minimum absolute atomic E-state index is 0.121. The number of rotatable bonds is 10. The topological polar surface area (TPSA) is 111 Å². The van der Waals surface area contributed by atoms with Gasteiger partial charge in [0.2, 0.25) is 15.2 Å². The van der Waals surface area contributed by atoms with Crippen LogP contribution >= 0.6 is 11.3 Å². The molecule has 1 amide bonds. The van der Waals surface area contributed by atoms with Crippen LogP contribution in [0.15, 0.2) is 72.8 Å². The molecule has 11 heteroatoms. The van der Waals surface area contributed by atoms with Crippen molar-refractivity contribution in [2.75, 3.05) is 29.6 Å². The lowest BCUT2D eigenvalue weighted by molar-refractivity contribution is 0.102. The molecule has 1 N–H and O–H groups in total. The number of methoxy groups -OCH3 is 1. The third kappa shape index (κ3) is 6.63. The molecule has 0 atom stereocenters. The van der Waals surface area contributed by atoms with Crippen molar-refractivity contribution in [1.82, 2.24) is 10.2 Å². The van der Waals surface area contributed by atoms with Crippen molar-refractivity contribution in [3.05, 3.63) is 83.9 Å². The van der Waals surface area contributed by atoms with Crippen molar-refractivity contribution >= 4 is 38.1 Å². The molecule has 0 unspecified atom stereocenters. The summed E-state index contributed by atoms with van der Waals surface area (Å²) >= 11 is 1.26. The molecule has 4 aromatic rings. The van der Waals surface area contributed by atoms with E-state index in [4.69, 9.17) is 9.47 Å². The summed E-state index contributed by atoms with van der Waals surface area (Å²) in [6.07, 6.45) is 1.16. The Bertz CT molecular complexity index is 1450. The maximum absolute atomic E-state index is 12.7. The predicted molar refractivity (Wildman–Crippen MR) is 145 cm³/mol. The minimum atomic E-state index is -3.54. The number of aromatic nitrogens is 2. The Morgan fingerprint density at radius 2 is 1.59 bits per heavy atom. The largest absolute Gasteiger partial charge is 0.497 e. The van der Waals surface area contributed by atoms with E-state index in [0.717, 1.165) is 23.1 Å². The van der Waals surface area contributed by atoms with Gasteiger partial charge in [-0.2, -0.15) is 0 Å². The zero-order valence-corrected chi connectivity index (χ0v) is 22.2. The first-order chi connectivity index (χ1) is 17.8. The summed E-state index contributed by atoms with van der Waals surface area (Å²) in [7, 11) is -1.94. The standard InChI is InChI=1S/C26H26N4O5S2/c1-4-35-23-15-11-21(12-16-23)30(37(3,32)33)17-18-5-7-19(8-6-18)24(31)27-26-29-28-25(36-26)20-9-13-22(34-2)14-10-20/h5-16H,4,17H2,1-3H3,(H,27,29,31). The first-order valence-corrected chi connectivity index (χ1v) is 14.0. The van der Waals surface area contributed by atoms with Gasteiger partial charge in [0.05, 0.1) is 32.2 Å². The third-order valence-corrected chi connectivity index (χ3v) is 7.39. The molecule has 4 rings (SSSR count). The van der Waals surface area contributed by atoms with Crippen LogP contribution in [-0.4, -0.2) is 44.5 Å². The smallest absolute Gasteiger partial charge is 0.257 e. The Kier molecular flexibility index (Phi) is 8.04. The normalized spacial score (nSPS) is 11.1. The molecule has 0 saturated heterocycles. The van der Waals surface area contributed by atoms with E-state index in [-0.39, 0.29) is 12.5 Å². The van der Waals surface area contributed by atoms with Crippen molar-refractivity contribution in [2.24, 2.45) is 0 Å². The van der Waals surface area contributed by atoms with Gasteiger partial charge in [-0.3, -0.25) is 14.4 Å². The van der Waals surface area contributed by atoms with E-state index in [1.807, 2.05) is 31.2 Å². The quantitative estimate of drug-likeness (QED) is 0.308. The Labute approximate surface area is 219 Å². The van der Waals surface area contributed by atoms with Gasteiger partial charge in [-0.15, -0.1) is 10.2 Å². The number of ether oxygens (including phenoxy) is 2. The number of nitrogens with zero attached hydrogens (tertiary/aromatic N) is 3. The molecule has 0 aliphatic carbocycles. The molecule has 1 aromatic heterocycles. The number of carbonyl (C=O) groups is 1. The van der Waals surface area contributed by atoms with E-state index in [2.05, 4.69) is 15.5 Å². The van der Waals surface area contributed by atoms with Crippen molar-refractivity contribution < 1.29 is 22.7 Å². The first-order valence-electron chi connectivity index (χ1n) is 11.4. The highest BCUT2D eigenvalue weighted by molar-refractivity contribution is 7.92. The number of hydrogen-bond donors (Lipinski definition) is 1. The molecule has 1 heterocycles. The predicted octanol–water partition coefficient (Wildman–Crippen LogP) is 4.83. The summed E-state index contributed by atoms with van der Waals surface area (Å²) < 4.78 is 36.9. The second-order valence-electron chi connectivity index (χ2n) is 7.99. The Hall–Kier alpha value is -3.96. The summed E-state index contributed by atoms with van der Waals surface area (Å²) in [6.45, 7) is 2.53. The number of nitrogens with one attached hydrogen (secondary N) is 1. The van der Waals surface area contributed by atoms with Crippen LogP contribution in [-0.2, 0) is 16.6 Å². The molecule has 9 nitrogen and oxygen atoms in total. The molecular formula is C26H26N4O5S2. The van der Waals surface area contributed by atoms with E-state index in [1.165, 1.54) is 15.6 Å². The van der Waals surface area contributed by atoms with E-state index < -0.39 is 10.0 Å². The maximum atomic E-state index is 12.7. The van der Waals surface area contributed by atoms with Crippen LogP contribution in [0.25, 0.3) is 10.6 Å². The number of hydrogen-bond acceptors (Lipinski definition) is 8. The van der Waals surface area contributed by atoms with Crippen molar-refractivity contribution in [2.45, 2.75) is 13.5 Å². The molecule has 0 saturated carbocycles. The van der Waals surface area contributed by atoms with Gasteiger partial charge in [-0.25, -0.2) is 8.42 Å². The number of benzene rings is 3. The number of amides is 1. The van der Waals surface area contributed by atoms with Crippen molar-refractivity contribution in [3.8, 4) is 22.1 Å². The molecule has 0 aliphatic heterocycles. The summed E-state index contributed by atoms with van der Waals surface area (Å²) in [6, 6.07) is 21.0. The van der Waals surface area contributed by atoms with E-state index >= 15 is 0 Å². The van der Waals surface area contributed by atoms with Crippen LogP contribution in [0.1, 0.15) is 22.8 Å². The van der Waals surface area contributed by atoms with Gasteiger partial charge < -0.3 is 9.47 Å². The van der Waals surface area contributed by atoms with Crippen LogP contribution in [0.4, 0.5) is 10.8 Å². The summed E-state index contributed by atoms with van der Waals surface area (Å²) in [4.78, 5) is 12.7. The number of carbonyl (C=O) groups excluding carboxylic acids is 1. The van der Waals surface area contributed by atoms with Gasteiger partial charge in [0.1, 0.15) is 16.5 Å². The molecule has 0 spiro atoms. The highest BCUT2D eigenvalue weighted by Gasteiger charge is 2.19. The van der Waals surface area contributed by atoms with Crippen LogP contribution in [0.5, 0.6) is 11.5 Å². The summed E-state index contributed by atoms with van der Waals surface area (Å²) in [5.74, 6) is 1.07. The van der Waals surface area contributed by atoms with Gasteiger partial charge in [-0.1, -0.05) is 23.5 Å².